The fourth-order valence-electron chi connectivity index (χ4n) is 2.70. The highest BCUT2D eigenvalue weighted by molar-refractivity contribution is 5.95. The topological polar surface area (TPSA) is 96.2 Å². The molecular formula is C12H20N4O2. The van der Waals surface area contributed by atoms with Crippen molar-refractivity contribution in [1.82, 2.24) is 9.78 Å². The minimum atomic E-state index is -0.609. The Morgan fingerprint density at radius 1 is 1.50 bits per heavy atom. The second-order valence-corrected chi connectivity index (χ2v) is 5.96. The Balaban J connectivity index is 2.38. The lowest BCUT2D eigenvalue weighted by Gasteiger charge is -2.27. The van der Waals surface area contributed by atoms with Crippen molar-refractivity contribution >= 4 is 11.6 Å². The van der Waals surface area contributed by atoms with Crippen molar-refractivity contribution in [2.45, 2.75) is 51.4 Å². The molecule has 1 atom stereocenters. The number of rotatable bonds is 2. The van der Waals surface area contributed by atoms with Crippen LogP contribution in [-0.2, 0) is 4.74 Å². The highest BCUT2D eigenvalue weighted by atomic mass is 16.5. The number of hydrogen-bond donors (Lipinski definition) is 2. The van der Waals surface area contributed by atoms with Crippen LogP contribution in [0.25, 0.3) is 0 Å². The molecule has 1 aliphatic rings. The molecule has 0 spiro atoms. The number of nitrogens with zero attached hydrogens (tertiary/aromatic N) is 2. The van der Waals surface area contributed by atoms with E-state index in [1.165, 1.54) is 0 Å². The van der Waals surface area contributed by atoms with Crippen molar-refractivity contribution in [2.75, 3.05) is 5.73 Å². The highest BCUT2D eigenvalue weighted by Gasteiger charge is 2.47. The third-order valence-corrected chi connectivity index (χ3v) is 3.34. The lowest BCUT2D eigenvalue weighted by molar-refractivity contribution is -0.0737. The molecule has 0 saturated carbocycles. The first-order chi connectivity index (χ1) is 8.12. The quantitative estimate of drug-likeness (QED) is 0.823. The number of nitrogen functional groups attached to an aromatic ring is 1. The molecule has 1 fully saturated rings. The van der Waals surface area contributed by atoms with Gasteiger partial charge in [0.1, 0.15) is 0 Å². The second kappa shape index (κ2) is 3.71. The number of nitrogens with two attached hydrogens (primary N) is 2. The summed E-state index contributed by atoms with van der Waals surface area (Å²) in [6.45, 7) is 8.09. The number of carbonyl (C=O) groups excluding carboxylic acids is 1. The van der Waals surface area contributed by atoms with Crippen molar-refractivity contribution < 1.29 is 9.53 Å². The molecule has 2 rings (SSSR count). The Morgan fingerprint density at radius 3 is 2.50 bits per heavy atom. The molecule has 0 aromatic carbocycles. The third-order valence-electron chi connectivity index (χ3n) is 3.34. The minimum Gasteiger partial charge on any atom is -0.396 e. The number of carbonyl (C=O) groups is 1. The zero-order valence-corrected chi connectivity index (χ0v) is 11.2. The average molecular weight is 252 g/mol. The zero-order valence-electron chi connectivity index (χ0n) is 11.2. The van der Waals surface area contributed by atoms with Crippen molar-refractivity contribution in [3.8, 4) is 0 Å². The normalized spacial score (nSPS) is 25.2. The van der Waals surface area contributed by atoms with Crippen LogP contribution in [-0.4, -0.2) is 26.9 Å². The van der Waals surface area contributed by atoms with Crippen molar-refractivity contribution in [2.24, 2.45) is 5.73 Å². The summed E-state index contributed by atoms with van der Waals surface area (Å²) in [5, 5.41) is 4.19. The van der Waals surface area contributed by atoms with Gasteiger partial charge in [-0.2, -0.15) is 5.10 Å². The molecule has 2 heterocycles. The van der Waals surface area contributed by atoms with Crippen LogP contribution in [0.2, 0.25) is 0 Å². The molecule has 100 valence electrons. The largest absolute Gasteiger partial charge is 0.396 e. The Hall–Kier alpha value is -1.56. The molecule has 1 aromatic rings. The van der Waals surface area contributed by atoms with Crippen molar-refractivity contribution in [3.63, 3.8) is 0 Å². The standard InChI is InChI=1S/C12H20N4O2/c1-11(2)5-8(12(3,4)18-11)16-6-7(13)9(15-16)10(14)17/h6,8H,5,13H2,1-4H3,(H2,14,17). The number of amides is 1. The number of primary amides is 1. The van der Waals surface area contributed by atoms with E-state index in [1.807, 2.05) is 27.7 Å². The summed E-state index contributed by atoms with van der Waals surface area (Å²) >= 11 is 0. The van der Waals surface area contributed by atoms with Gasteiger partial charge in [0.2, 0.25) is 0 Å². The fraction of sp³-hybridized carbons (Fsp3) is 0.667. The predicted molar refractivity (Wildman–Crippen MR) is 68.1 cm³/mol. The molecule has 0 aliphatic carbocycles. The van der Waals surface area contributed by atoms with Gasteiger partial charge in [0.25, 0.3) is 5.91 Å². The first kappa shape index (κ1) is 12.9. The van der Waals surface area contributed by atoms with Gasteiger partial charge < -0.3 is 16.2 Å². The summed E-state index contributed by atoms with van der Waals surface area (Å²) in [6.07, 6.45) is 2.45. The van der Waals surface area contributed by atoms with Crippen molar-refractivity contribution in [3.05, 3.63) is 11.9 Å². The number of aromatic nitrogens is 2. The first-order valence-corrected chi connectivity index (χ1v) is 5.97. The first-order valence-electron chi connectivity index (χ1n) is 5.97. The van der Waals surface area contributed by atoms with Crippen LogP contribution in [0.5, 0.6) is 0 Å². The monoisotopic (exact) mass is 252 g/mol. The highest BCUT2D eigenvalue weighted by Crippen LogP contribution is 2.44. The lowest BCUT2D eigenvalue weighted by atomic mass is 9.95. The van der Waals surface area contributed by atoms with E-state index < -0.39 is 5.91 Å². The van der Waals surface area contributed by atoms with Crippen LogP contribution in [0.3, 0.4) is 0 Å². The summed E-state index contributed by atoms with van der Waals surface area (Å²) in [6, 6.07) is 0.0305. The minimum absolute atomic E-state index is 0.0305. The fourth-order valence-corrected chi connectivity index (χ4v) is 2.70. The maximum Gasteiger partial charge on any atom is 0.271 e. The molecule has 1 saturated heterocycles. The SMILES string of the molecule is CC1(C)CC(n2cc(N)c(C(N)=O)n2)C(C)(C)O1. The molecule has 1 amide bonds. The van der Waals surface area contributed by atoms with Gasteiger partial charge in [0.15, 0.2) is 5.69 Å². The van der Waals surface area contributed by atoms with E-state index in [0.717, 1.165) is 6.42 Å². The molecule has 0 radical (unpaired) electrons. The third kappa shape index (κ3) is 2.08. The van der Waals surface area contributed by atoms with Gasteiger partial charge in [-0.1, -0.05) is 0 Å². The van der Waals surface area contributed by atoms with Crippen LogP contribution in [0.1, 0.15) is 50.6 Å². The van der Waals surface area contributed by atoms with Gasteiger partial charge in [0, 0.05) is 12.6 Å². The van der Waals surface area contributed by atoms with Gasteiger partial charge in [0.05, 0.1) is 22.9 Å². The Kier molecular flexibility index (Phi) is 2.66. The van der Waals surface area contributed by atoms with Crippen LogP contribution in [0.15, 0.2) is 6.20 Å². The smallest absolute Gasteiger partial charge is 0.271 e. The molecule has 0 bridgehead atoms. The zero-order chi connectivity index (χ0) is 13.7. The Bertz CT molecular complexity index is 490. The molecule has 6 nitrogen and oxygen atoms in total. The van der Waals surface area contributed by atoms with Gasteiger partial charge in [-0.05, 0) is 27.7 Å². The Morgan fingerprint density at radius 2 is 2.11 bits per heavy atom. The van der Waals surface area contributed by atoms with E-state index in [9.17, 15) is 4.79 Å². The Labute approximate surface area is 106 Å². The average Bonchev–Trinajstić information content (AvgIpc) is 2.63. The molecule has 6 heteroatoms. The maximum atomic E-state index is 11.2. The summed E-state index contributed by atoms with van der Waals surface area (Å²) in [5.41, 5.74) is 10.8. The van der Waals surface area contributed by atoms with E-state index >= 15 is 0 Å². The van der Waals surface area contributed by atoms with E-state index in [1.54, 1.807) is 10.9 Å². The van der Waals surface area contributed by atoms with Crippen LogP contribution in [0.4, 0.5) is 5.69 Å². The van der Waals surface area contributed by atoms with Crippen LogP contribution in [0, 0.1) is 0 Å². The maximum absolute atomic E-state index is 11.2. The summed E-state index contributed by atoms with van der Waals surface area (Å²) in [7, 11) is 0. The molecule has 4 N–H and O–H groups in total. The van der Waals surface area contributed by atoms with E-state index in [-0.39, 0.29) is 22.9 Å². The van der Waals surface area contributed by atoms with Crippen molar-refractivity contribution in [1.29, 1.82) is 0 Å². The van der Waals surface area contributed by atoms with Crippen LogP contribution >= 0.6 is 0 Å². The van der Waals surface area contributed by atoms with Gasteiger partial charge in [-0.15, -0.1) is 0 Å². The predicted octanol–water partition coefficient (Wildman–Crippen LogP) is 1.08. The van der Waals surface area contributed by atoms with Crippen LogP contribution < -0.4 is 11.5 Å². The molecule has 1 aliphatic heterocycles. The van der Waals surface area contributed by atoms with Gasteiger partial charge >= 0.3 is 0 Å². The molecule has 1 unspecified atom stereocenters. The van der Waals surface area contributed by atoms with Gasteiger partial charge in [-0.3, -0.25) is 9.48 Å². The number of ether oxygens (including phenoxy) is 1. The second-order valence-electron chi connectivity index (χ2n) is 5.96. The van der Waals surface area contributed by atoms with E-state index in [2.05, 4.69) is 5.10 Å². The van der Waals surface area contributed by atoms with E-state index in [0.29, 0.717) is 5.69 Å². The summed E-state index contributed by atoms with van der Waals surface area (Å²) < 4.78 is 7.69. The van der Waals surface area contributed by atoms with E-state index in [4.69, 9.17) is 16.2 Å². The van der Waals surface area contributed by atoms with Gasteiger partial charge in [-0.25, -0.2) is 0 Å². The molecule has 1 aromatic heterocycles. The summed E-state index contributed by atoms with van der Waals surface area (Å²) in [4.78, 5) is 11.2. The summed E-state index contributed by atoms with van der Waals surface area (Å²) in [5.74, 6) is -0.609. The number of hydrogen-bond acceptors (Lipinski definition) is 4. The number of anilines is 1. The molecule has 18 heavy (non-hydrogen) atoms. The lowest BCUT2D eigenvalue weighted by Crippen LogP contribution is -2.31. The molecular weight excluding hydrogens is 232 g/mol.